The molecule has 1 radical (unpaired) electrons. The quantitative estimate of drug-likeness (QED) is 0.764. The Morgan fingerprint density at radius 1 is 1.41 bits per heavy atom. The molecule has 1 unspecified atom stereocenters. The van der Waals surface area contributed by atoms with Gasteiger partial charge in [-0.1, -0.05) is 13.0 Å². The zero-order valence-corrected chi connectivity index (χ0v) is 10.6. The van der Waals surface area contributed by atoms with Crippen molar-refractivity contribution in [1.82, 2.24) is 0 Å². The van der Waals surface area contributed by atoms with Crippen molar-refractivity contribution in [2.24, 2.45) is 0 Å². The molecule has 1 aromatic rings. The van der Waals surface area contributed by atoms with E-state index in [2.05, 4.69) is 13.0 Å². The first kappa shape index (κ1) is 14.0. The zero-order valence-electron chi connectivity index (χ0n) is 10.6. The van der Waals surface area contributed by atoms with Crippen molar-refractivity contribution in [3.8, 4) is 5.75 Å². The molecule has 0 aliphatic heterocycles. The summed E-state index contributed by atoms with van der Waals surface area (Å²) >= 11 is 0. The monoisotopic (exact) mass is 237 g/mol. The van der Waals surface area contributed by atoms with E-state index in [-0.39, 0.29) is 19.3 Å². The second-order valence-electron chi connectivity index (χ2n) is 4.20. The standard InChI is InChI=1S/C14H21O3/c1-3-13(5-4-8-15)17-14-7-6-11(2)9-12(14)10-16/h6,9,13,15-16H,3-5,8,10H2,1-2H3. The molecule has 0 spiro atoms. The molecule has 1 aromatic carbocycles. The van der Waals surface area contributed by atoms with Crippen molar-refractivity contribution < 1.29 is 14.9 Å². The SMILES string of the molecule is CCC(CCCO)Oc1[c]cc(C)cc1CO. The molecule has 2 N–H and O–H groups in total. The molecule has 0 saturated heterocycles. The van der Waals surface area contributed by atoms with Gasteiger partial charge in [-0.2, -0.15) is 0 Å². The third-order valence-corrected chi connectivity index (χ3v) is 2.72. The van der Waals surface area contributed by atoms with Crippen molar-refractivity contribution in [2.75, 3.05) is 6.61 Å². The van der Waals surface area contributed by atoms with Crippen molar-refractivity contribution >= 4 is 0 Å². The summed E-state index contributed by atoms with van der Waals surface area (Å²) in [5, 5.41) is 18.1. The van der Waals surface area contributed by atoms with Gasteiger partial charge in [-0.05, 0) is 37.8 Å². The van der Waals surface area contributed by atoms with E-state index in [0.29, 0.717) is 5.75 Å². The fraction of sp³-hybridized carbons (Fsp3) is 0.571. The first-order valence-electron chi connectivity index (χ1n) is 6.10. The lowest BCUT2D eigenvalue weighted by Gasteiger charge is -2.19. The van der Waals surface area contributed by atoms with Crippen LogP contribution in [0, 0.1) is 13.0 Å². The predicted molar refractivity (Wildman–Crippen MR) is 67.0 cm³/mol. The van der Waals surface area contributed by atoms with Crippen LogP contribution in [0.5, 0.6) is 5.75 Å². The van der Waals surface area contributed by atoms with Crippen LogP contribution in [0.3, 0.4) is 0 Å². The third-order valence-electron chi connectivity index (χ3n) is 2.72. The second kappa shape index (κ2) is 7.30. The molecule has 0 saturated carbocycles. The lowest BCUT2D eigenvalue weighted by atomic mass is 10.1. The molecule has 17 heavy (non-hydrogen) atoms. The minimum atomic E-state index is -0.0378. The molecular formula is C14H21O3. The maximum absolute atomic E-state index is 9.26. The summed E-state index contributed by atoms with van der Waals surface area (Å²) in [5.41, 5.74) is 1.83. The fourth-order valence-corrected chi connectivity index (χ4v) is 1.71. The molecule has 3 nitrogen and oxygen atoms in total. The lowest BCUT2D eigenvalue weighted by molar-refractivity contribution is 0.163. The zero-order chi connectivity index (χ0) is 12.7. The summed E-state index contributed by atoms with van der Waals surface area (Å²) < 4.78 is 5.82. The molecule has 1 atom stereocenters. The van der Waals surface area contributed by atoms with E-state index in [0.717, 1.165) is 30.4 Å². The molecular weight excluding hydrogens is 216 g/mol. The summed E-state index contributed by atoms with van der Waals surface area (Å²) in [6.45, 7) is 4.16. The normalized spacial score (nSPS) is 12.5. The number of aliphatic hydroxyl groups is 2. The van der Waals surface area contributed by atoms with Crippen molar-refractivity contribution in [3.05, 3.63) is 29.3 Å². The highest BCUT2D eigenvalue weighted by atomic mass is 16.5. The van der Waals surface area contributed by atoms with E-state index >= 15 is 0 Å². The van der Waals surface area contributed by atoms with E-state index in [1.807, 2.05) is 19.1 Å². The van der Waals surface area contributed by atoms with Crippen molar-refractivity contribution in [3.63, 3.8) is 0 Å². The van der Waals surface area contributed by atoms with E-state index in [4.69, 9.17) is 9.84 Å². The van der Waals surface area contributed by atoms with Crippen LogP contribution in [0.25, 0.3) is 0 Å². The third kappa shape index (κ3) is 4.36. The molecule has 95 valence electrons. The molecule has 0 bridgehead atoms. The van der Waals surface area contributed by atoms with E-state index < -0.39 is 0 Å². The van der Waals surface area contributed by atoms with Crippen LogP contribution in [-0.2, 0) is 6.61 Å². The highest BCUT2D eigenvalue weighted by Crippen LogP contribution is 2.22. The van der Waals surface area contributed by atoms with Crippen LogP contribution in [0.15, 0.2) is 12.1 Å². The van der Waals surface area contributed by atoms with Gasteiger partial charge in [0.15, 0.2) is 0 Å². The molecule has 0 amide bonds. The molecule has 0 aliphatic rings. The van der Waals surface area contributed by atoms with Gasteiger partial charge >= 0.3 is 0 Å². The van der Waals surface area contributed by atoms with Crippen LogP contribution in [0.1, 0.15) is 37.3 Å². The first-order chi connectivity index (χ1) is 8.21. The molecule has 0 aliphatic carbocycles. The van der Waals surface area contributed by atoms with E-state index in [1.54, 1.807) is 0 Å². The highest BCUT2D eigenvalue weighted by Gasteiger charge is 2.11. The molecule has 0 aromatic heterocycles. The summed E-state index contributed by atoms with van der Waals surface area (Å²) in [4.78, 5) is 0. The Labute approximate surface area is 103 Å². The molecule has 0 fully saturated rings. The number of aryl methyl sites for hydroxylation is 1. The maximum atomic E-state index is 9.26. The first-order valence-corrected chi connectivity index (χ1v) is 6.10. The van der Waals surface area contributed by atoms with Gasteiger partial charge in [0.25, 0.3) is 0 Å². The minimum absolute atomic E-state index is 0.0378. The van der Waals surface area contributed by atoms with Gasteiger partial charge in [0.05, 0.1) is 12.7 Å². The fourth-order valence-electron chi connectivity index (χ4n) is 1.71. The largest absolute Gasteiger partial charge is 0.489 e. The van der Waals surface area contributed by atoms with Crippen molar-refractivity contribution in [2.45, 2.75) is 45.8 Å². The molecule has 1 rings (SSSR count). The number of ether oxygens (including phenoxy) is 1. The molecule has 0 heterocycles. The van der Waals surface area contributed by atoms with Gasteiger partial charge in [-0.3, -0.25) is 0 Å². The van der Waals surface area contributed by atoms with Crippen LogP contribution < -0.4 is 4.74 Å². The number of aliphatic hydroxyl groups excluding tert-OH is 2. The predicted octanol–water partition coefficient (Wildman–Crippen LogP) is 2.22. The van der Waals surface area contributed by atoms with Gasteiger partial charge in [-0.25, -0.2) is 0 Å². The summed E-state index contributed by atoms with van der Waals surface area (Å²) in [6.07, 6.45) is 2.51. The van der Waals surface area contributed by atoms with Crippen LogP contribution in [0.2, 0.25) is 0 Å². The maximum Gasteiger partial charge on any atom is 0.133 e. The van der Waals surface area contributed by atoms with Crippen molar-refractivity contribution in [1.29, 1.82) is 0 Å². The lowest BCUT2D eigenvalue weighted by Crippen LogP contribution is -2.16. The second-order valence-corrected chi connectivity index (χ2v) is 4.20. The van der Waals surface area contributed by atoms with Gasteiger partial charge in [-0.15, -0.1) is 0 Å². The number of rotatable bonds is 7. The number of hydrogen-bond acceptors (Lipinski definition) is 3. The van der Waals surface area contributed by atoms with E-state index in [1.165, 1.54) is 0 Å². The summed E-state index contributed by atoms with van der Waals surface area (Å²) in [6, 6.07) is 6.81. The topological polar surface area (TPSA) is 49.7 Å². The number of hydrogen-bond donors (Lipinski definition) is 2. The van der Waals surface area contributed by atoms with Gasteiger partial charge in [0.1, 0.15) is 5.75 Å². The minimum Gasteiger partial charge on any atom is -0.489 e. The Morgan fingerprint density at radius 2 is 2.18 bits per heavy atom. The Bertz CT molecular complexity index is 336. The van der Waals surface area contributed by atoms with Crippen LogP contribution in [-0.4, -0.2) is 22.9 Å². The highest BCUT2D eigenvalue weighted by molar-refractivity contribution is 5.35. The Balaban J connectivity index is 2.71. The number of benzene rings is 1. The Kier molecular flexibility index (Phi) is 6.01. The van der Waals surface area contributed by atoms with Gasteiger partial charge in [0, 0.05) is 18.2 Å². The Hall–Kier alpha value is -1.06. The molecule has 3 heteroatoms. The average molecular weight is 237 g/mol. The smallest absolute Gasteiger partial charge is 0.133 e. The van der Waals surface area contributed by atoms with Crippen LogP contribution in [0.4, 0.5) is 0 Å². The Morgan fingerprint density at radius 3 is 2.76 bits per heavy atom. The summed E-state index contributed by atoms with van der Waals surface area (Å²) in [7, 11) is 0. The summed E-state index contributed by atoms with van der Waals surface area (Å²) in [5.74, 6) is 0.628. The van der Waals surface area contributed by atoms with Gasteiger partial charge < -0.3 is 14.9 Å². The van der Waals surface area contributed by atoms with Crippen LogP contribution >= 0.6 is 0 Å². The average Bonchev–Trinajstić information content (AvgIpc) is 2.35. The van der Waals surface area contributed by atoms with E-state index in [9.17, 15) is 5.11 Å². The van der Waals surface area contributed by atoms with Gasteiger partial charge in [0.2, 0.25) is 0 Å².